The average Bonchev–Trinajstić information content (AvgIpc) is 3.93. The highest BCUT2D eigenvalue weighted by molar-refractivity contribution is 6.14. The fourth-order valence-electron chi connectivity index (χ4n) is 9.72. The Morgan fingerprint density at radius 3 is 1.55 bits per heavy atom. The number of nitrogens with zero attached hydrogens (tertiary/aromatic N) is 3. The average molecular weight is 740 g/mol. The quantitative estimate of drug-likeness (QED) is 0.176. The minimum Gasteiger partial charge on any atom is -0.453 e. The fraction of sp³-hybridized carbons (Fsp3) is 0. The highest BCUT2D eigenvalue weighted by atomic mass is 16.5. The lowest BCUT2D eigenvalue weighted by molar-refractivity contribution is 0.477. The van der Waals surface area contributed by atoms with Crippen molar-refractivity contribution in [3.8, 4) is 50.8 Å². The van der Waals surface area contributed by atoms with Gasteiger partial charge >= 0.3 is 0 Å². The Morgan fingerprint density at radius 2 is 0.810 bits per heavy atom. The maximum atomic E-state index is 6.62. The van der Waals surface area contributed by atoms with Gasteiger partial charge in [0.25, 0.3) is 0 Å². The molecular weight excluding hydrogens is 707 g/mol. The number of aromatic nitrogens is 3. The summed E-state index contributed by atoms with van der Waals surface area (Å²) in [7, 11) is 0. The van der Waals surface area contributed by atoms with Gasteiger partial charge in [-0.2, -0.15) is 0 Å². The number of ether oxygens (including phenoxy) is 1. The maximum absolute atomic E-state index is 6.62. The van der Waals surface area contributed by atoms with Crippen molar-refractivity contribution in [3.63, 3.8) is 0 Å². The van der Waals surface area contributed by atoms with Crippen LogP contribution in [0.15, 0.2) is 200 Å². The third-order valence-electron chi connectivity index (χ3n) is 12.2. The summed E-state index contributed by atoms with van der Waals surface area (Å²) in [5, 5.41) is 7.39. The second kappa shape index (κ2) is 11.8. The molecule has 13 rings (SSSR count). The van der Waals surface area contributed by atoms with E-state index in [-0.39, 0.29) is 0 Å². The van der Waals surface area contributed by atoms with Gasteiger partial charge in [0.1, 0.15) is 0 Å². The van der Waals surface area contributed by atoms with Crippen LogP contribution in [0, 0.1) is 0 Å². The number of benzene rings is 9. The van der Waals surface area contributed by atoms with Crippen LogP contribution in [-0.2, 0) is 0 Å². The first-order valence-electron chi connectivity index (χ1n) is 19.8. The zero-order valence-corrected chi connectivity index (χ0v) is 31.3. The molecule has 0 aliphatic carbocycles. The van der Waals surface area contributed by atoms with Crippen molar-refractivity contribution in [3.05, 3.63) is 200 Å². The van der Waals surface area contributed by atoms with E-state index in [1.807, 2.05) is 0 Å². The minimum atomic E-state index is 0.860. The van der Waals surface area contributed by atoms with Gasteiger partial charge in [0, 0.05) is 49.3 Å². The summed E-state index contributed by atoms with van der Waals surface area (Å²) in [5.74, 6) is 1.75. The van der Waals surface area contributed by atoms with Crippen LogP contribution in [0.4, 0.5) is 0 Å². The number of fused-ring (bicyclic) bond motifs is 11. The zero-order valence-electron chi connectivity index (χ0n) is 31.3. The Kier molecular flexibility index (Phi) is 6.41. The summed E-state index contributed by atoms with van der Waals surface area (Å²) in [6.45, 7) is 0. The fourth-order valence-corrected chi connectivity index (χ4v) is 9.72. The van der Waals surface area contributed by atoms with E-state index in [4.69, 9.17) is 4.74 Å². The molecule has 58 heavy (non-hydrogen) atoms. The summed E-state index contributed by atoms with van der Waals surface area (Å²) >= 11 is 0. The molecule has 0 saturated heterocycles. The van der Waals surface area contributed by atoms with Gasteiger partial charge in [-0.15, -0.1) is 0 Å². The molecule has 0 atom stereocenters. The second-order valence-corrected chi connectivity index (χ2v) is 15.3. The molecule has 9 aromatic carbocycles. The van der Waals surface area contributed by atoms with Crippen LogP contribution in [0.25, 0.3) is 105 Å². The lowest BCUT2D eigenvalue weighted by Crippen LogP contribution is -2.06. The zero-order chi connectivity index (χ0) is 37.9. The number of rotatable bonds is 4. The summed E-state index contributed by atoms with van der Waals surface area (Å²) in [6.07, 6.45) is 0. The molecule has 0 fully saturated rings. The van der Waals surface area contributed by atoms with E-state index < -0.39 is 0 Å². The van der Waals surface area contributed by atoms with Gasteiger partial charge in [0.2, 0.25) is 0 Å². The van der Waals surface area contributed by atoms with Gasteiger partial charge in [-0.25, -0.2) is 0 Å². The van der Waals surface area contributed by atoms with E-state index in [1.165, 1.54) is 71.0 Å². The Labute approximate surface area is 333 Å². The predicted molar refractivity (Wildman–Crippen MR) is 240 cm³/mol. The van der Waals surface area contributed by atoms with E-state index in [1.54, 1.807) is 0 Å². The third-order valence-corrected chi connectivity index (χ3v) is 12.2. The largest absolute Gasteiger partial charge is 0.453 e. The molecule has 4 heterocycles. The smallest absolute Gasteiger partial charge is 0.152 e. The van der Waals surface area contributed by atoms with Gasteiger partial charge < -0.3 is 18.4 Å². The van der Waals surface area contributed by atoms with Gasteiger partial charge in [-0.3, -0.25) is 0 Å². The first-order chi connectivity index (χ1) is 28.8. The standard InChI is InChI=1S/C54H33N3O/c1-2-12-34(13-3-1)36-26-30-49-44(32-36)45-33-38(56-46-19-7-4-14-40(46)41-15-5-8-20-47(41)56)29-31-50(45)55(49)37-27-24-35(25-28-37)39-17-10-22-51-53(39)57-48-21-9-6-16-42(48)43-18-11-23-52(58-51)54(43)57/h1-33H. The topological polar surface area (TPSA) is 24.0 Å². The van der Waals surface area contributed by atoms with Crippen LogP contribution < -0.4 is 4.74 Å². The highest BCUT2D eigenvalue weighted by Gasteiger charge is 2.26. The molecule has 1 aliphatic heterocycles. The Hall–Kier alpha value is -7.82. The number of hydrogen-bond acceptors (Lipinski definition) is 1. The summed E-state index contributed by atoms with van der Waals surface area (Å²) in [6, 6.07) is 72.5. The molecule has 4 nitrogen and oxygen atoms in total. The second-order valence-electron chi connectivity index (χ2n) is 15.3. The van der Waals surface area contributed by atoms with E-state index in [2.05, 4.69) is 214 Å². The predicted octanol–water partition coefficient (Wildman–Crippen LogP) is 14.4. The van der Waals surface area contributed by atoms with Gasteiger partial charge in [0.15, 0.2) is 11.5 Å². The Balaban J connectivity index is 1.00. The summed E-state index contributed by atoms with van der Waals surface area (Å²) in [5.41, 5.74) is 15.1. The first kappa shape index (κ1) is 31.4. The van der Waals surface area contributed by atoms with Gasteiger partial charge in [-0.1, -0.05) is 127 Å². The molecule has 1 aliphatic rings. The molecule has 0 amide bonds. The number of hydrogen-bond donors (Lipinski definition) is 0. The van der Waals surface area contributed by atoms with Crippen molar-refractivity contribution in [1.29, 1.82) is 0 Å². The maximum Gasteiger partial charge on any atom is 0.152 e. The van der Waals surface area contributed by atoms with Crippen molar-refractivity contribution >= 4 is 65.4 Å². The van der Waals surface area contributed by atoms with Gasteiger partial charge in [-0.05, 0) is 89.5 Å². The van der Waals surface area contributed by atoms with E-state index in [0.717, 1.165) is 45.2 Å². The molecular formula is C54H33N3O. The molecule has 3 aromatic heterocycles. The van der Waals surface area contributed by atoms with Crippen LogP contribution in [0.5, 0.6) is 11.5 Å². The highest BCUT2D eigenvalue weighted by Crippen LogP contribution is 2.48. The molecule has 12 aromatic rings. The molecule has 0 radical (unpaired) electrons. The van der Waals surface area contributed by atoms with Crippen LogP contribution in [0.2, 0.25) is 0 Å². The lowest BCUT2D eigenvalue weighted by Gasteiger charge is -2.23. The molecule has 4 heteroatoms. The van der Waals surface area contributed by atoms with E-state index in [9.17, 15) is 0 Å². The van der Waals surface area contributed by atoms with Crippen molar-refractivity contribution in [1.82, 2.24) is 13.7 Å². The van der Waals surface area contributed by atoms with E-state index >= 15 is 0 Å². The summed E-state index contributed by atoms with van der Waals surface area (Å²) in [4.78, 5) is 0. The molecule has 270 valence electrons. The Bertz CT molecular complexity index is 3590. The monoisotopic (exact) mass is 739 g/mol. The molecule has 0 unspecified atom stereocenters. The minimum absolute atomic E-state index is 0.860. The Morgan fingerprint density at radius 1 is 0.293 bits per heavy atom. The lowest BCUT2D eigenvalue weighted by atomic mass is 10.0. The van der Waals surface area contributed by atoms with Crippen molar-refractivity contribution in [2.24, 2.45) is 0 Å². The normalized spacial score (nSPS) is 12.3. The number of para-hydroxylation sites is 5. The molecule has 0 saturated carbocycles. The van der Waals surface area contributed by atoms with Gasteiger partial charge in [0.05, 0.1) is 38.8 Å². The summed E-state index contributed by atoms with van der Waals surface area (Å²) < 4.78 is 13.8. The van der Waals surface area contributed by atoms with Crippen LogP contribution in [0.1, 0.15) is 0 Å². The molecule has 0 bridgehead atoms. The van der Waals surface area contributed by atoms with Crippen molar-refractivity contribution in [2.45, 2.75) is 0 Å². The SMILES string of the molecule is c1ccc(-c2ccc3c(c2)c2cc(-n4c5ccccc5c5ccccc54)ccc2n3-c2ccc(-c3cccc4c3-n3c5ccccc5c5cccc(c53)O4)cc2)cc1. The van der Waals surface area contributed by atoms with Crippen LogP contribution >= 0.6 is 0 Å². The molecule has 0 N–H and O–H groups in total. The third kappa shape index (κ3) is 4.34. The van der Waals surface area contributed by atoms with Crippen molar-refractivity contribution < 1.29 is 4.74 Å². The van der Waals surface area contributed by atoms with E-state index in [0.29, 0.717) is 0 Å². The first-order valence-corrected chi connectivity index (χ1v) is 19.8. The van der Waals surface area contributed by atoms with Crippen LogP contribution in [-0.4, -0.2) is 13.7 Å². The van der Waals surface area contributed by atoms with Crippen molar-refractivity contribution in [2.75, 3.05) is 0 Å². The van der Waals surface area contributed by atoms with Crippen LogP contribution in [0.3, 0.4) is 0 Å². The molecule has 0 spiro atoms.